The van der Waals surface area contributed by atoms with Crippen molar-refractivity contribution >= 4 is 0 Å². The fourth-order valence-corrected chi connectivity index (χ4v) is 2.85. The predicted octanol–water partition coefficient (Wildman–Crippen LogP) is 4.37. The predicted molar refractivity (Wildman–Crippen MR) is 71.5 cm³/mol. The summed E-state index contributed by atoms with van der Waals surface area (Å²) < 4.78 is 0. The molecule has 1 N–H and O–H groups in total. The fourth-order valence-electron chi connectivity index (χ4n) is 2.85. The molecule has 2 nitrogen and oxygen atoms in total. The molecule has 0 radical (unpaired) electrons. The first-order valence-corrected chi connectivity index (χ1v) is 6.17. The lowest BCUT2D eigenvalue weighted by Gasteiger charge is -2.26. The van der Waals surface area contributed by atoms with Gasteiger partial charge in [0.05, 0.1) is 5.60 Å². The molecule has 1 atom stereocenters. The Morgan fingerprint density at radius 1 is 1.18 bits per heavy atom. The second-order valence-electron chi connectivity index (χ2n) is 5.77. The SMILES string of the molecule is Cc1cc(C)c(C(C)CC(C)(C)OO)c(C)c1. The highest BCUT2D eigenvalue weighted by Crippen LogP contribution is 2.32. The van der Waals surface area contributed by atoms with Gasteiger partial charge in [-0.25, -0.2) is 4.89 Å². The highest BCUT2D eigenvalue weighted by atomic mass is 17.1. The maximum Gasteiger partial charge on any atom is 0.0983 e. The zero-order valence-corrected chi connectivity index (χ0v) is 11.8. The quantitative estimate of drug-likeness (QED) is 0.621. The molecule has 0 bridgehead atoms. The first-order chi connectivity index (χ1) is 7.76. The first kappa shape index (κ1) is 14.2. The van der Waals surface area contributed by atoms with Crippen LogP contribution < -0.4 is 0 Å². The highest BCUT2D eigenvalue weighted by molar-refractivity contribution is 5.39. The van der Waals surface area contributed by atoms with Gasteiger partial charge in [-0.05, 0) is 63.6 Å². The maximum absolute atomic E-state index is 8.87. The van der Waals surface area contributed by atoms with Crippen molar-refractivity contribution in [2.45, 2.75) is 59.5 Å². The van der Waals surface area contributed by atoms with Gasteiger partial charge in [-0.2, -0.15) is 0 Å². The van der Waals surface area contributed by atoms with E-state index in [-0.39, 0.29) is 0 Å². The molecular weight excluding hydrogens is 212 g/mol. The fraction of sp³-hybridized carbons (Fsp3) is 0.600. The van der Waals surface area contributed by atoms with Crippen molar-refractivity contribution in [3.8, 4) is 0 Å². The van der Waals surface area contributed by atoms with Crippen LogP contribution in [0.15, 0.2) is 12.1 Å². The summed E-state index contributed by atoms with van der Waals surface area (Å²) in [4.78, 5) is 4.53. The van der Waals surface area contributed by atoms with Crippen LogP contribution in [-0.4, -0.2) is 10.9 Å². The van der Waals surface area contributed by atoms with Gasteiger partial charge in [0.15, 0.2) is 0 Å². The Morgan fingerprint density at radius 2 is 1.65 bits per heavy atom. The van der Waals surface area contributed by atoms with E-state index in [0.717, 1.165) is 6.42 Å². The number of rotatable bonds is 4. The molecule has 1 rings (SSSR count). The van der Waals surface area contributed by atoms with E-state index < -0.39 is 5.60 Å². The summed E-state index contributed by atoms with van der Waals surface area (Å²) in [6, 6.07) is 4.43. The summed E-state index contributed by atoms with van der Waals surface area (Å²) in [5.74, 6) is 0.373. The van der Waals surface area contributed by atoms with Crippen molar-refractivity contribution < 1.29 is 10.1 Å². The summed E-state index contributed by atoms with van der Waals surface area (Å²) in [5, 5.41) is 8.87. The highest BCUT2D eigenvalue weighted by Gasteiger charge is 2.24. The Kier molecular flexibility index (Phi) is 4.34. The summed E-state index contributed by atoms with van der Waals surface area (Å²) in [6.07, 6.45) is 0.800. The summed E-state index contributed by atoms with van der Waals surface area (Å²) in [7, 11) is 0. The summed E-state index contributed by atoms with van der Waals surface area (Å²) in [5.41, 5.74) is 4.82. The second-order valence-corrected chi connectivity index (χ2v) is 5.77. The standard InChI is InChI=1S/C15H24O2/c1-10-7-11(2)14(12(3)8-10)13(4)9-15(5,6)17-16/h7-8,13,16H,9H2,1-6H3. The summed E-state index contributed by atoms with van der Waals surface area (Å²) >= 11 is 0. The molecule has 0 heterocycles. The van der Waals surface area contributed by atoms with Crippen LogP contribution in [0.3, 0.4) is 0 Å². The van der Waals surface area contributed by atoms with Gasteiger partial charge in [0.1, 0.15) is 0 Å². The number of benzene rings is 1. The zero-order valence-electron chi connectivity index (χ0n) is 11.8. The largest absolute Gasteiger partial charge is 0.251 e. The van der Waals surface area contributed by atoms with Crippen LogP contribution in [0, 0.1) is 20.8 Å². The van der Waals surface area contributed by atoms with Crippen LogP contribution in [0.25, 0.3) is 0 Å². The molecule has 0 aliphatic rings. The molecule has 0 saturated carbocycles. The van der Waals surface area contributed by atoms with E-state index in [2.05, 4.69) is 44.7 Å². The number of hydrogen-bond acceptors (Lipinski definition) is 2. The van der Waals surface area contributed by atoms with Crippen molar-refractivity contribution in [3.05, 3.63) is 34.4 Å². The Morgan fingerprint density at radius 3 is 2.06 bits per heavy atom. The van der Waals surface area contributed by atoms with Crippen molar-refractivity contribution in [3.63, 3.8) is 0 Å². The lowest BCUT2D eigenvalue weighted by molar-refractivity contribution is -0.315. The van der Waals surface area contributed by atoms with Gasteiger partial charge in [-0.15, -0.1) is 0 Å². The van der Waals surface area contributed by atoms with Crippen molar-refractivity contribution in [2.24, 2.45) is 0 Å². The molecule has 0 saturated heterocycles. The van der Waals surface area contributed by atoms with Gasteiger partial charge < -0.3 is 0 Å². The van der Waals surface area contributed by atoms with Crippen LogP contribution in [0.2, 0.25) is 0 Å². The van der Waals surface area contributed by atoms with Crippen molar-refractivity contribution in [2.75, 3.05) is 0 Å². The zero-order chi connectivity index (χ0) is 13.2. The minimum absolute atomic E-state index is 0.373. The normalized spacial score (nSPS) is 13.8. The van der Waals surface area contributed by atoms with E-state index >= 15 is 0 Å². The van der Waals surface area contributed by atoms with E-state index in [1.165, 1.54) is 22.3 Å². The van der Waals surface area contributed by atoms with Crippen LogP contribution in [0.5, 0.6) is 0 Å². The van der Waals surface area contributed by atoms with Gasteiger partial charge in [0.2, 0.25) is 0 Å². The van der Waals surface area contributed by atoms with Gasteiger partial charge in [0.25, 0.3) is 0 Å². The third-order valence-electron chi connectivity index (χ3n) is 3.28. The Balaban J connectivity index is 3.01. The minimum atomic E-state index is -0.497. The van der Waals surface area contributed by atoms with Crippen LogP contribution in [0.4, 0.5) is 0 Å². The monoisotopic (exact) mass is 236 g/mol. The molecule has 1 aromatic rings. The number of hydrogen-bond donors (Lipinski definition) is 1. The molecule has 0 aliphatic carbocycles. The minimum Gasteiger partial charge on any atom is -0.251 e. The molecule has 0 spiro atoms. The first-order valence-electron chi connectivity index (χ1n) is 6.17. The average Bonchev–Trinajstić information content (AvgIpc) is 2.14. The molecule has 0 aromatic heterocycles. The maximum atomic E-state index is 8.87. The second kappa shape index (κ2) is 5.19. The van der Waals surface area contributed by atoms with Gasteiger partial charge in [-0.3, -0.25) is 5.26 Å². The molecule has 0 amide bonds. The molecular formula is C15H24O2. The Hall–Kier alpha value is -0.860. The topological polar surface area (TPSA) is 29.5 Å². The Bertz CT molecular complexity index is 371. The molecule has 17 heavy (non-hydrogen) atoms. The average molecular weight is 236 g/mol. The third kappa shape index (κ3) is 3.55. The van der Waals surface area contributed by atoms with Crippen molar-refractivity contribution in [1.29, 1.82) is 0 Å². The molecule has 1 aromatic carbocycles. The van der Waals surface area contributed by atoms with Gasteiger partial charge in [-0.1, -0.05) is 24.6 Å². The molecule has 1 unspecified atom stereocenters. The van der Waals surface area contributed by atoms with Crippen LogP contribution in [0.1, 0.15) is 55.4 Å². The smallest absolute Gasteiger partial charge is 0.0983 e. The van der Waals surface area contributed by atoms with Gasteiger partial charge in [0, 0.05) is 0 Å². The molecule has 0 fully saturated rings. The third-order valence-corrected chi connectivity index (χ3v) is 3.28. The van der Waals surface area contributed by atoms with Crippen LogP contribution in [-0.2, 0) is 4.89 Å². The Labute approximate surface area is 105 Å². The van der Waals surface area contributed by atoms with Gasteiger partial charge >= 0.3 is 0 Å². The van der Waals surface area contributed by atoms with E-state index in [1.54, 1.807) is 0 Å². The lowest BCUT2D eigenvalue weighted by atomic mass is 9.84. The molecule has 0 aliphatic heterocycles. The lowest BCUT2D eigenvalue weighted by Crippen LogP contribution is -2.25. The van der Waals surface area contributed by atoms with Crippen LogP contribution >= 0.6 is 0 Å². The summed E-state index contributed by atoms with van der Waals surface area (Å²) in [6.45, 7) is 12.4. The van der Waals surface area contributed by atoms with Crippen molar-refractivity contribution in [1.82, 2.24) is 0 Å². The van der Waals surface area contributed by atoms with E-state index in [9.17, 15) is 0 Å². The van der Waals surface area contributed by atoms with E-state index in [1.807, 2.05) is 13.8 Å². The molecule has 96 valence electrons. The number of aryl methyl sites for hydroxylation is 3. The molecule has 2 heteroatoms. The van der Waals surface area contributed by atoms with E-state index in [4.69, 9.17) is 5.26 Å². The van der Waals surface area contributed by atoms with E-state index in [0.29, 0.717) is 5.92 Å².